The molecule has 0 radical (unpaired) electrons. The number of hydrogen-bond donors (Lipinski definition) is 1. The Labute approximate surface area is 142 Å². The number of nitrogens with one attached hydrogen (secondary N) is 1. The zero-order valence-electron chi connectivity index (χ0n) is 13.8. The topological polar surface area (TPSA) is 39.1 Å². The van der Waals surface area contributed by atoms with E-state index >= 15 is 0 Å². The zero-order valence-corrected chi connectivity index (χ0v) is 13.8. The molecular formula is C20H23N3O. The van der Waals surface area contributed by atoms with Crippen LogP contribution in [0.3, 0.4) is 0 Å². The van der Waals surface area contributed by atoms with Gasteiger partial charge >= 0.3 is 0 Å². The molecule has 1 heterocycles. The molecule has 0 aliphatic heterocycles. The number of para-hydroxylation sites is 2. The van der Waals surface area contributed by atoms with E-state index in [1.54, 1.807) is 0 Å². The van der Waals surface area contributed by atoms with Crippen molar-refractivity contribution >= 4 is 11.0 Å². The number of hydrogen-bond acceptors (Lipinski definition) is 3. The first kappa shape index (κ1) is 15.4. The number of fused-ring (bicyclic) bond motifs is 1. The molecule has 0 spiro atoms. The molecule has 1 aromatic heterocycles. The fourth-order valence-corrected chi connectivity index (χ4v) is 2.85. The normalized spacial score (nSPS) is 14.3. The third-order valence-electron chi connectivity index (χ3n) is 4.47. The highest BCUT2D eigenvalue weighted by molar-refractivity contribution is 5.77. The van der Waals surface area contributed by atoms with Gasteiger partial charge in [0.1, 0.15) is 6.33 Å². The molecule has 0 saturated heterocycles. The van der Waals surface area contributed by atoms with Crippen LogP contribution in [0.15, 0.2) is 54.9 Å². The van der Waals surface area contributed by atoms with Gasteiger partial charge in [-0.2, -0.15) is 0 Å². The summed E-state index contributed by atoms with van der Waals surface area (Å²) in [7, 11) is 0. The number of rotatable bonds is 8. The summed E-state index contributed by atoms with van der Waals surface area (Å²) in [6.07, 6.45) is 4.59. The van der Waals surface area contributed by atoms with E-state index < -0.39 is 0 Å². The Kier molecular flexibility index (Phi) is 4.58. The second kappa shape index (κ2) is 7.16. The SMILES string of the molecule is c1ccc2c(c1)ncn2-c1ccc(CNCCOCC2CC2)cc1. The fourth-order valence-electron chi connectivity index (χ4n) is 2.85. The van der Waals surface area contributed by atoms with E-state index in [2.05, 4.69) is 45.2 Å². The number of nitrogens with zero attached hydrogens (tertiary/aromatic N) is 2. The average Bonchev–Trinajstić information content (AvgIpc) is 3.35. The highest BCUT2D eigenvalue weighted by atomic mass is 16.5. The lowest BCUT2D eigenvalue weighted by atomic mass is 10.2. The van der Waals surface area contributed by atoms with Gasteiger partial charge in [-0.15, -0.1) is 0 Å². The minimum atomic E-state index is 0.801. The van der Waals surface area contributed by atoms with Crippen LogP contribution in [0, 0.1) is 5.92 Å². The van der Waals surface area contributed by atoms with Crippen LogP contribution < -0.4 is 5.32 Å². The van der Waals surface area contributed by atoms with Gasteiger partial charge in [-0.25, -0.2) is 4.98 Å². The molecule has 4 rings (SSSR count). The zero-order chi connectivity index (χ0) is 16.2. The summed E-state index contributed by atoms with van der Waals surface area (Å²) >= 11 is 0. The summed E-state index contributed by atoms with van der Waals surface area (Å²) in [5, 5.41) is 3.44. The van der Waals surface area contributed by atoms with E-state index in [0.29, 0.717) is 0 Å². The predicted octanol–water partition coefficient (Wildman–Crippen LogP) is 3.54. The summed E-state index contributed by atoms with van der Waals surface area (Å²) in [5.41, 5.74) is 4.58. The van der Waals surface area contributed by atoms with Crippen LogP contribution in [0.1, 0.15) is 18.4 Å². The molecule has 0 bridgehead atoms. The molecule has 24 heavy (non-hydrogen) atoms. The van der Waals surface area contributed by atoms with Crippen LogP contribution in [0.2, 0.25) is 0 Å². The third-order valence-corrected chi connectivity index (χ3v) is 4.47. The third kappa shape index (κ3) is 3.66. The van der Waals surface area contributed by atoms with E-state index in [4.69, 9.17) is 4.74 Å². The summed E-state index contributed by atoms with van der Waals surface area (Å²) in [6.45, 7) is 3.52. The quantitative estimate of drug-likeness (QED) is 0.645. The molecule has 0 amide bonds. The van der Waals surface area contributed by atoms with Crippen LogP contribution in [0.25, 0.3) is 16.7 Å². The molecule has 3 aromatic rings. The minimum absolute atomic E-state index is 0.801. The van der Waals surface area contributed by atoms with Crippen molar-refractivity contribution < 1.29 is 4.74 Å². The highest BCUT2D eigenvalue weighted by Crippen LogP contribution is 2.28. The standard InChI is InChI=1S/C20H23N3O/c1-2-4-20-19(3-1)22-15-23(20)18-9-7-16(8-10-18)13-21-11-12-24-14-17-5-6-17/h1-4,7-10,15,17,21H,5-6,11-14H2. The second-order valence-corrected chi connectivity index (χ2v) is 6.46. The smallest absolute Gasteiger partial charge is 0.100 e. The van der Waals surface area contributed by atoms with Gasteiger partial charge in [0.15, 0.2) is 0 Å². The molecule has 1 fully saturated rings. The Bertz CT molecular complexity index is 790. The van der Waals surface area contributed by atoms with Crippen molar-refractivity contribution in [2.24, 2.45) is 5.92 Å². The van der Waals surface area contributed by atoms with Crippen molar-refractivity contribution in [1.82, 2.24) is 14.9 Å². The van der Waals surface area contributed by atoms with E-state index in [0.717, 1.165) is 48.9 Å². The number of aromatic nitrogens is 2. The Morgan fingerprint density at radius 1 is 1.08 bits per heavy atom. The first-order valence-electron chi connectivity index (χ1n) is 8.70. The summed E-state index contributed by atoms with van der Waals surface area (Å²) in [5.74, 6) is 0.844. The van der Waals surface area contributed by atoms with Crippen molar-refractivity contribution in [2.75, 3.05) is 19.8 Å². The molecule has 124 valence electrons. The largest absolute Gasteiger partial charge is 0.380 e. The van der Waals surface area contributed by atoms with Gasteiger partial charge in [0.25, 0.3) is 0 Å². The Hall–Kier alpha value is -2.17. The second-order valence-electron chi connectivity index (χ2n) is 6.46. The molecule has 4 heteroatoms. The Morgan fingerprint density at radius 3 is 2.75 bits per heavy atom. The summed E-state index contributed by atoms with van der Waals surface area (Å²) in [6, 6.07) is 16.8. The highest BCUT2D eigenvalue weighted by Gasteiger charge is 2.20. The van der Waals surface area contributed by atoms with Gasteiger partial charge in [-0.3, -0.25) is 4.57 Å². The molecule has 1 aliphatic carbocycles. The van der Waals surface area contributed by atoms with E-state index in [9.17, 15) is 0 Å². The monoisotopic (exact) mass is 321 g/mol. The van der Waals surface area contributed by atoms with Gasteiger partial charge in [0.2, 0.25) is 0 Å². The lowest BCUT2D eigenvalue weighted by Gasteiger charge is -2.08. The van der Waals surface area contributed by atoms with Crippen molar-refractivity contribution in [3.63, 3.8) is 0 Å². The molecule has 0 unspecified atom stereocenters. The molecule has 1 aliphatic rings. The van der Waals surface area contributed by atoms with Crippen molar-refractivity contribution in [1.29, 1.82) is 0 Å². The Morgan fingerprint density at radius 2 is 1.92 bits per heavy atom. The van der Waals surface area contributed by atoms with E-state index in [1.165, 1.54) is 18.4 Å². The van der Waals surface area contributed by atoms with Gasteiger partial charge in [-0.05, 0) is 48.6 Å². The average molecular weight is 321 g/mol. The minimum Gasteiger partial charge on any atom is -0.380 e. The van der Waals surface area contributed by atoms with Crippen LogP contribution in [-0.4, -0.2) is 29.3 Å². The van der Waals surface area contributed by atoms with Crippen LogP contribution in [-0.2, 0) is 11.3 Å². The van der Waals surface area contributed by atoms with Gasteiger partial charge in [0, 0.05) is 25.4 Å². The Balaban J connectivity index is 1.31. The maximum atomic E-state index is 5.63. The number of benzene rings is 2. The first-order chi connectivity index (χ1) is 11.9. The molecule has 0 atom stereocenters. The molecular weight excluding hydrogens is 298 g/mol. The molecule has 4 nitrogen and oxygen atoms in total. The van der Waals surface area contributed by atoms with Gasteiger partial charge < -0.3 is 10.1 Å². The first-order valence-corrected chi connectivity index (χ1v) is 8.70. The van der Waals surface area contributed by atoms with Gasteiger partial charge in [-0.1, -0.05) is 24.3 Å². The summed E-state index contributed by atoms with van der Waals surface area (Å²) < 4.78 is 7.75. The van der Waals surface area contributed by atoms with Crippen molar-refractivity contribution in [2.45, 2.75) is 19.4 Å². The van der Waals surface area contributed by atoms with Crippen LogP contribution in [0.5, 0.6) is 0 Å². The van der Waals surface area contributed by atoms with Crippen LogP contribution in [0.4, 0.5) is 0 Å². The molecule has 1 N–H and O–H groups in total. The molecule has 2 aromatic carbocycles. The summed E-state index contributed by atoms with van der Waals surface area (Å²) in [4.78, 5) is 4.45. The van der Waals surface area contributed by atoms with Crippen molar-refractivity contribution in [3.05, 3.63) is 60.4 Å². The predicted molar refractivity (Wildman–Crippen MR) is 96.3 cm³/mol. The lowest BCUT2D eigenvalue weighted by molar-refractivity contribution is 0.126. The fraction of sp³-hybridized carbons (Fsp3) is 0.350. The number of imidazole rings is 1. The van der Waals surface area contributed by atoms with Gasteiger partial charge in [0.05, 0.1) is 17.6 Å². The van der Waals surface area contributed by atoms with Crippen LogP contribution >= 0.6 is 0 Å². The lowest BCUT2D eigenvalue weighted by Crippen LogP contribution is -2.19. The van der Waals surface area contributed by atoms with E-state index in [1.807, 2.05) is 24.5 Å². The maximum Gasteiger partial charge on any atom is 0.100 e. The van der Waals surface area contributed by atoms with Crippen molar-refractivity contribution in [3.8, 4) is 5.69 Å². The maximum absolute atomic E-state index is 5.63. The van der Waals surface area contributed by atoms with E-state index in [-0.39, 0.29) is 0 Å². The number of ether oxygens (including phenoxy) is 1. The molecule has 1 saturated carbocycles.